The summed E-state index contributed by atoms with van der Waals surface area (Å²) in [5, 5.41) is 6.04. The normalized spacial score (nSPS) is 13.3. The molecule has 1 N–H and O–H groups in total. The summed E-state index contributed by atoms with van der Waals surface area (Å²) in [6.07, 6.45) is 5.15. The molecule has 4 heterocycles. The Morgan fingerprint density at radius 2 is 2.03 bits per heavy atom. The smallest absolute Gasteiger partial charge is 0.246 e. The van der Waals surface area contributed by atoms with Gasteiger partial charge in [-0.15, -0.1) is 0 Å². The van der Waals surface area contributed by atoms with Gasteiger partial charge in [0.2, 0.25) is 5.91 Å². The van der Waals surface area contributed by atoms with E-state index < -0.39 is 0 Å². The van der Waals surface area contributed by atoms with Gasteiger partial charge in [0.05, 0.1) is 25.9 Å². The molecule has 5 rings (SSSR count). The summed E-state index contributed by atoms with van der Waals surface area (Å²) < 4.78 is 7.35. The number of H-pyrrole nitrogens is 1. The number of pyridine rings is 1. The lowest BCUT2D eigenvalue weighted by atomic mass is 9.95. The van der Waals surface area contributed by atoms with E-state index in [9.17, 15) is 4.79 Å². The number of aromatic amines is 1. The van der Waals surface area contributed by atoms with Crippen LogP contribution in [0.25, 0.3) is 33.4 Å². The third kappa shape index (κ3) is 3.09. The first-order valence-electron chi connectivity index (χ1n) is 10.2. The highest BCUT2D eigenvalue weighted by Gasteiger charge is 2.28. The second-order valence-corrected chi connectivity index (χ2v) is 7.64. The summed E-state index contributed by atoms with van der Waals surface area (Å²) in [4.78, 5) is 21.9. The zero-order valence-corrected chi connectivity index (χ0v) is 17.6. The van der Waals surface area contributed by atoms with E-state index in [1.807, 2.05) is 52.3 Å². The molecule has 1 amide bonds. The molecule has 156 valence electrons. The van der Waals surface area contributed by atoms with Crippen molar-refractivity contribution in [2.24, 2.45) is 0 Å². The van der Waals surface area contributed by atoms with Gasteiger partial charge >= 0.3 is 0 Å². The van der Waals surface area contributed by atoms with Gasteiger partial charge in [0, 0.05) is 35.5 Å². The molecule has 0 saturated heterocycles. The Balaban J connectivity index is 1.76. The second kappa shape index (κ2) is 7.43. The minimum Gasteiger partial charge on any atom is -0.497 e. The Kier molecular flexibility index (Phi) is 4.58. The lowest BCUT2D eigenvalue weighted by molar-refractivity contribution is -0.127. The van der Waals surface area contributed by atoms with Crippen LogP contribution in [0.1, 0.15) is 11.3 Å². The Labute approximate surface area is 180 Å². The van der Waals surface area contributed by atoms with Gasteiger partial charge in [0.15, 0.2) is 0 Å². The molecule has 31 heavy (non-hydrogen) atoms. The van der Waals surface area contributed by atoms with Crippen molar-refractivity contribution in [2.45, 2.75) is 20.0 Å². The molecule has 4 aromatic rings. The first kappa shape index (κ1) is 19.1. The van der Waals surface area contributed by atoms with Crippen molar-refractivity contribution < 1.29 is 9.53 Å². The SMILES string of the molecule is C=CC(=O)N1CCn2nc(-c3ccc(OC)cc3)c(-c3ccnc4[nH]cc(C)c34)c2C1. The number of nitrogens with zero attached hydrogens (tertiary/aromatic N) is 4. The van der Waals surface area contributed by atoms with E-state index in [1.54, 1.807) is 7.11 Å². The number of hydrogen-bond donors (Lipinski definition) is 1. The summed E-state index contributed by atoms with van der Waals surface area (Å²) in [6.45, 7) is 7.45. The summed E-state index contributed by atoms with van der Waals surface area (Å²) in [5.74, 6) is 0.729. The van der Waals surface area contributed by atoms with Crippen molar-refractivity contribution in [1.82, 2.24) is 24.6 Å². The van der Waals surface area contributed by atoms with Crippen molar-refractivity contribution in [3.63, 3.8) is 0 Å². The molecule has 3 aromatic heterocycles. The summed E-state index contributed by atoms with van der Waals surface area (Å²) in [6, 6.07) is 9.95. The van der Waals surface area contributed by atoms with Crippen LogP contribution < -0.4 is 4.74 Å². The molecule has 7 nitrogen and oxygen atoms in total. The Hall–Kier alpha value is -3.87. The van der Waals surface area contributed by atoms with Crippen molar-refractivity contribution >= 4 is 16.9 Å². The average molecular weight is 413 g/mol. The summed E-state index contributed by atoms with van der Waals surface area (Å²) >= 11 is 0. The summed E-state index contributed by atoms with van der Waals surface area (Å²) in [5.41, 5.74) is 6.95. The fourth-order valence-corrected chi connectivity index (χ4v) is 4.30. The molecule has 0 spiro atoms. The first-order valence-corrected chi connectivity index (χ1v) is 10.2. The number of amides is 1. The van der Waals surface area contributed by atoms with E-state index in [1.165, 1.54) is 6.08 Å². The second-order valence-electron chi connectivity index (χ2n) is 7.64. The first-order chi connectivity index (χ1) is 15.1. The van der Waals surface area contributed by atoms with E-state index >= 15 is 0 Å². The van der Waals surface area contributed by atoms with Crippen LogP contribution in [0.3, 0.4) is 0 Å². The Bertz CT molecular complexity index is 1300. The van der Waals surface area contributed by atoms with Crippen LogP contribution >= 0.6 is 0 Å². The van der Waals surface area contributed by atoms with E-state index in [2.05, 4.69) is 23.5 Å². The fraction of sp³-hybridized carbons (Fsp3) is 0.208. The molecule has 1 aliphatic rings. The molecule has 1 aliphatic heterocycles. The molecule has 1 aromatic carbocycles. The number of benzene rings is 1. The number of hydrogen-bond acceptors (Lipinski definition) is 4. The molecule has 0 fully saturated rings. The Morgan fingerprint density at radius 1 is 1.23 bits per heavy atom. The number of fused-ring (bicyclic) bond motifs is 2. The number of methoxy groups -OCH3 is 1. The van der Waals surface area contributed by atoms with Gasteiger partial charge in [-0.05, 0) is 54.5 Å². The lowest BCUT2D eigenvalue weighted by Gasteiger charge is -2.27. The van der Waals surface area contributed by atoms with Gasteiger partial charge in [0.25, 0.3) is 0 Å². The third-order valence-electron chi connectivity index (χ3n) is 5.87. The molecule has 0 saturated carbocycles. The maximum Gasteiger partial charge on any atom is 0.246 e. The summed E-state index contributed by atoms with van der Waals surface area (Å²) in [7, 11) is 1.66. The van der Waals surface area contributed by atoms with E-state index in [-0.39, 0.29) is 5.91 Å². The molecular formula is C24H23N5O2. The largest absolute Gasteiger partial charge is 0.497 e. The molecule has 0 bridgehead atoms. The van der Waals surface area contributed by atoms with Gasteiger partial charge < -0.3 is 14.6 Å². The number of aryl methyl sites for hydroxylation is 1. The molecule has 0 atom stereocenters. The minimum absolute atomic E-state index is 0.0675. The van der Waals surface area contributed by atoms with Gasteiger partial charge in [-0.25, -0.2) is 4.98 Å². The van der Waals surface area contributed by atoms with Crippen molar-refractivity contribution in [2.75, 3.05) is 13.7 Å². The number of carbonyl (C=O) groups excluding carboxylic acids is 1. The van der Waals surface area contributed by atoms with E-state index in [4.69, 9.17) is 9.84 Å². The Morgan fingerprint density at radius 3 is 2.77 bits per heavy atom. The maximum absolute atomic E-state index is 12.3. The minimum atomic E-state index is -0.0675. The zero-order chi connectivity index (χ0) is 21.5. The molecular weight excluding hydrogens is 390 g/mol. The molecule has 0 radical (unpaired) electrons. The van der Waals surface area contributed by atoms with E-state index in [0.717, 1.165) is 50.4 Å². The van der Waals surface area contributed by atoms with Crippen molar-refractivity contribution in [1.29, 1.82) is 0 Å². The number of carbonyl (C=O) groups is 1. The van der Waals surface area contributed by atoms with Crippen molar-refractivity contribution in [3.05, 3.63) is 66.6 Å². The lowest BCUT2D eigenvalue weighted by Crippen LogP contribution is -2.37. The van der Waals surface area contributed by atoms with Gasteiger partial charge in [-0.3, -0.25) is 9.48 Å². The van der Waals surface area contributed by atoms with Crippen LogP contribution in [0.2, 0.25) is 0 Å². The zero-order valence-electron chi connectivity index (χ0n) is 17.6. The van der Waals surface area contributed by atoms with E-state index in [0.29, 0.717) is 19.6 Å². The van der Waals surface area contributed by atoms with Crippen molar-refractivity contribution in [3.8, 4) is 28.1 Å². The highest BCUT2D eigenvalue weighted by molar-refractivity contribution is 6.00. The number of nitrogens with one attached hydrogen (secondary N) is 1. The highest BCUT2D eigenvalue weighted by atomic mass is 16.5. The highest BCUT2D eigenvalue weighted by Crippen LogP contribution is 2.40. The van der Waals surface area contributed by atoms with Gasteiger partial charge in [0.1, 0.15) is 17.1 Å². The molecule has 0 unspecified atom stereocenters. The monoisotopic (exact) mass is 413 g/mol. The number of rotatable bonds is 4. The maximum atomic E-state index is 12.3. The average Bonchev–Trinajstić information content (AvgIpc) is 3.39. The quantitative estimate of drug-likeness (QED) is 0.514. The van der Waals surface area contributed by atoms with Crippen LogP contribution in [-0.2, 0) is 17.9 Å². The standard InChI is InChI=1S/C24H23N5O2/c1-4-20(30)28-11-12-29-19(14-28)22(18-9-10-25-24-21(18)15(2)13-26-24)23(27-29)16-5-7-17(31-3)8-6-16/h4-10,13H,1,11-12,14H2,2-3H3,(H,25,26). The van der Waals surface area contributed by atoms with Gasteiger partial charge in [-0.2, -0.15) is 5.10 Å². The number of aromatic nitrogens is 4. The predicted octanol–water partition coefficient (Wildman–Crippen LogP) is 3.94. The van der Waals surface area contributed by atoms with Crippen LogP contribution in [0, 0.1) is 6.92 Å². The molecule has 0 aliphatic carbocycles. The van der Waals surface area contributed by atoms with Crippen LogP contribution in [0.15, 0.2) is 55.4 Å². The van der Waals surface area contributed by atoms with Crippen LogP contribution in [0.4, 0.5) is 0 Å². The molecule has 7 heteroatoms. The predicted molar refractivity (Wildman–Crippen MR) is 120 cm³/mol. The third-order valence-corrected chi connectivity index (χ3v) is 5.87. The van der Waals surface area contributed by atoms with Crippen LogP contribution in [-0.4, -0.2) is 44.2 Å². The fourth-order valence-electron chi connectivity index (χ4n) is 4.30. The number of ether oxygens (including phenoxy) is 1. The van der Waals surface area contributed by atoms with Crippen LogP contribution in [0.5, 0.6) is 5.75 Å². The van der Waals surface area contributed by atoms with Gasteiger partial charge in [-0.1, -0.05) is 6.58 Å². The topological polar surface area (TPSA) is 76.0 Å².